The van der Waals surface area contributed by atoms with Crippen LogP contribution in [0.15, 0.2) is 18.2 Å². The average Bonchev–Trinajstić information content (AvgIpc) is 2.30. The van der Waals surface area contributed by atoms with E-state index in [-0.39, 0.29) is 5.82 Å². The lowest BCUT2D eigenvalue weighted by molar-refractivity contribution is 0.631. The van der Waals surface area contributed by atoms with Crippen molar-refractivity contribution in [3.63, 3.8) is 0 Å². The molecular formula is C10H13FN2. The summed E-state index contributed by atoms with van der Waals surface area (Å²) in [5.41, 5.74) is 1.60. The molecule has 0 aliphatic carbocycles. The van der Waals surface area contributed by atoms with Crippen LogP contribution in [0.1, 0.15) is 6.42 Å². The van der Waals surface area contributed by atoms with Gasteiger partial charge in [-0.15, -0.1) is 0 Å². The first-order valence-electron chi connectivity index (χ1n) is 4.52. The molecule has 1 heterocycles. The summed E-state index contributed by atoms with van der Waals surface area (Å²) in [4.78, 5) is 2.08. The zero-order valence-electron chi connectivity index (χ0n) is 7.68. The van der Waals surface area contributed by atoms with Crippen molar-refractivity contribution in [2.75, 3.05) is 30.4 Å². The second kappa shape index (κ2) is 3.24. The van der Waals surface area contributed by atoms with E-state index in [1.165, 1.54) is 6.07 Å². The predicted octanol–water partition coefficient (Wildman–Crippen LogP) is 2.08. The van der Waals surface area contributed by atoms with Crippen LogP contribution >= 0.6 is 0 Å². The van der Waals surface area contributed by atoms with Gasteiger partial charge in [0.2, 0.25) is 0 Å². The normalized spacial score (nSPS) is 16.0. The highest BCUT2D eigenvalue weighted by Gasteiger charge is 2.14. The molecule has 0 saturated carbocycles. The number of fused-ring (bicyclic) bond motifs is 1. The molecule has 0 atom stereocenters. The molecule has 1 N–H and O–H groups in total. The summed E-state index contributed by atoms with van der Waals surface area (Å²) in [6.07, 6.45) is 1.05. The minimum Gasteiger partial charge on any atom is -0.381 e. The molecule has 0 amide bonds. The fraction of sp³-hybridized carbons (Fsp3) is 0.400. The third kappa shape index (κ3) is 1.46. The Balaban J connectivity index is 2.47. The van der Waals surface area contributed by atoms with Crippen LogP contribution in [0.5, 0.6) is 0 Å². The molecule has 0 aromatic heterocycles. The number of rotatable bonds is 0. The van der Waals surface area contributed by atoms with Crippen molar-refractivity contribution in [1.82, 2.24) is 0 Å². The van der Waals surface area contributed by atoms with Crippen molar-refractivity contribution in [1.29, 1.82) is 0 Å². The van der Waals surface area contributed by atoms with Gasteiger partial charge in [0.1, 0.15) is 5.82 Å². The third-order valence-corrected chi connectivity index (χ3v) is 2.37. The molecule has 70 valence electrons. The van der Waals surface area contributed by atoms with Gasteiger partial charge in [0.25, 0.3) is 0 Å². The molecule has 2 nitrogen and oxygen atoms in total. The molecule has 3 heteroatoms. The van der Waals surface area contributed by atoms with Gasteiger partial charge < -0.3 is 10.2 Å². The SMILES string of the molecule is CN1CCCNc2c(F)cccc21. The summed E-state index contributed by atoms with van der Waals surface area (Å²) < 4.78 is 13.3. The first-order chi connectivity index (χ1) is 6.29. The first-order valence-corrected chi connectivity index (χ1v) is 4.52. The van der Waals surface area contributed by atoms with Crippen molar-refractivity contribution < 1.29 is 4.39 Å². The number of benzene rings is 1. The summed E-state index contributed by atoms with van der Waals surface area (Å²) in [5.74, 6) is -0.161. The van der Waals surface area contributed by atoms with Crippen LogP contribution in [0.3, 0.4) is 0 Å². The van der Waals surface area contributed by atoms with E-state index in [4.69, 9.17) is 0 Å². The second-order valence-corrected chi connectivity index (χ2v) is 3.34. The molecule has 1 aromatic carbocycles. The molecule has 13 heavy (non-hydrogen) atoms. The zero-order valence-corrected chi connectivity index (χ0v) is 7.68. The summed E-state index contributed by atoms with van der Waals surface area (Å²) in [7, 11) is 1.99. The van der Waals surface area contributed by atoms with Gasteiger partial charge in [0.15, 0.2) is 0 Å². The number of halogens is 1. The van der Waals surface area contributed by atoms with E-state index >= 15 is 0 Å². The zero-order chi connectivity index (χ0) is 9.26. The van der Waals surface area contributed by atoms with E-state index in [0.717, 1.165) is 25.2 Å². The third-order valence-electron chi connectivity index (χ3n) is 2.37. The largest absolute Gasteiger partial charge is 0.381 e. The number of hydrogen-bond acceptors (Lipinski definition) is 2. The highest BCUT2D eigenvalue weighted by molar-refractivity contribution is 5.71. The van der Waals surface area contributed by atoms with Crippen LogP contribution in [0.25, 0.3) is 0 Å². The Morgan fingerprint density at radius 1 is 1.46 bits per heavy atom. The lowest BCUT2D eigenvalue weighted by Crippen LogP contribution is -2.17. The van der Waals surface area contributed by atoms with Gasteiger partial charge in [-0.05, 0) is 18.6 Å². The van der Waals surface area contributed by atoms with E-state index in [1.807, 2.05) is 13.1 Å². The van der Waals surface area contributed by atoms with Crippen molar-refractivity contribution in [2.45, 2.75) is 6.42 Å². The Morgan fingerprint density at radius 3 is 3.15 bits per heavy atom. The maximum absolute atomic E-state index is 13.3. The minimum absolute atomic E-state index is 0.161. The molecule has 1 aromatic rings. The molecular weight excluding hydrogens is 167 g/mol. The van der Waals surface area contributed by atoms with E-state index < -0.39 is 0 Å². The van der Waals surface area contributed by atoms with Gasteiger partial charge in [-0.3, -0.25) is 0 Å². The number of hydrogen-bond donors (Lipinski definition) is 1. The number of nitrogens with one attached hydrogen (secondary N) is 1. The lowest BCUT2D eigenvalue weighted by atomic mass is 10.2. The fourth-order valence-electron chi connectivity index (χ4n) is 1.66. The van der Waals surface area contributed by atoms with Crippen LogP contribution in [-0.4, -0.2) is 20.1 Å². The van der Waals surface area contributed by atoms with E-state index in [9.17, 15) is 4.39 Å². The first kappa shape index (κ1) is 8.35. The highest BCUT2D eigenvalue weighted by Crippen LogP contribution is 2.29. The minimum atomic E-state index is -0.161. The number of para-hydroxylation sites is 1. The van der Waals surface area contributed by atoms with Crippen LogP contribution in [0.4, 0.5) is 15.8 Å². The molecule has 0 unspecified atom stereocenters. The fourth-order valence-corrected chi connectivity index (χ4v) is 1.66. The molecule has 0 bridgehead atoms. The summed E-state index contributed by atoms with van der Waals surface area (Å²) in [5, 5.41) is 3.11. The monoisotopic (exact) mass is 180 g/mol. The topological polar surface area (TPSA) is 15.3 Å². The van der Waals surface area contributed by atoms with Crippen LogP contribution in [0.2, 0.25) is 0 Å². The summed E-state index contributed by atoms with van der Waals surface area (Å²) >= 11 is 0. The van der Waals surface area contributed by atoms with Gasteiger partial charge in [-0.25, -0.2) is 4.39 Å². The number of anilines is 2. The molecule has 2 rings (SSSR count). The van der Waals surface area contributed by atoms with Crippen LogP contribution in [0, 0.1) is 5.82 Å². The van der Waals surface area contributed by atoms with Crippen molar-refractivity contribution >= 4 is 11.4 Å². The lowest BCUT2D eigenvalue weighted by Gasteiger charge is -2.18. The Labute approximate surface area is 77.4 Å². The molecule has 1 aliphatic heterocycles. The van der Waals surface area contributed by atoms with Crippen molar-refractivity contribution in [3.8, 4) is 0 Å². The maximum Gasteiger partial charge on any atom is 0.148 e. The van der Waals surface area contributed by atoms with Crippen molar-refractivity contribution in [3.05, 3.63) is 24.0 Å². The van der Waals surface area contributed by atoms with Gasteiger partial charge in [0.05, 0.1) is 11.4 Å². The number of nitrogens with zero attached hydrogens (tertiary/aromatic N) is 1. The van der Waals surface area contributed by atoms with Gasteiger partial charge in [-0.2, -0.15) is 0 Å². The maximum atomic E-state index is 13.3. The average molecular weight is 180 g/mol. The van der Waals surface area contributed by atoms with Gasteiger partial charge in [0, 0.05) is 20.1 Å². The standard InChI is InChI=1S/C10H13FN2/c1-13-7-3-6-12-10-8(11)4-2-5-9(10)13/h2,4-5,12H,3,6-7H2,1H3. The Morgan fingerprint density at radius 2 is 2.31 bits per heavy atom. The van der Waals surface area contributed by atoms with E-state index in [2.05, 4.69) is 10.2 Å². The van der Waals surface area contributed by atoms with Gasteiger partial charge >= 0.3 is 0 Å². The van der Waals surface area contributed by atoms with E-state index in [0.29, 0.717) is 5.69 Å². The van der Waals surface area contributed by atoms with Gasteiger partial charge in [-0.1, -0.05) is 6.07 Å². The molecule has 0 spiro atoms. The predicted molar refractivity (Wildman–Crippen MR) is 52.8 cm³/mol. The van der Waals surface area contributed by atoms with Crippen LogP contribution in [-0.2, 0) is 0 Å². The molecule has 0 saturated heterocycles. The quantitative estimate of drug-likeness (QED) is 0.657. The molecule has 1 aliphatic rings. The highest BCUT2D eigenvalue weighted by atomic mass is 19.1. The summed E-state index contributed by atoms with van der Waals surface area (Å²) in [6, 6.07) is 5.18. The molecule has 0 fully saturated rings. The molecule has 0 radical (unpaired) electrons. The Kier molecular flexibility index (Phi) is 2.08. The van der Waals surface area contributed by atoms with Crippen LogP contribution < -0.4 is 10.2 Å². The van der Waals surface area contributed by atoms with E-state index in [1.54, 1.807) is 6.07 Å². The Bertz CT molecular complexity index is 312. The second-order valence-electron chi connectivity index (χ2n) is 3.34. The summed E-state index contributed by atoms with van der Waals surface area (Å²) in [6.45, 7) is 1.82. The van der Waals surface area contributed by atoms with Crippen molar-refractivity contribution in [2.24, 2.45) is 0 Å². The smallest absolute Gasteiger partial charge is 0.148 e. The Hall–Kier alpha value is -1.25.